The third-order valence-electron chi connectivity index (χ3n) is 4.66. The molecule has 9 heteroatoms. The van der Waals surface area contributed by atoms with Crippen LogP contribution in [-0.4, -0.2) is 47.3 Å². The van der Waals surface area contributed by atoms with E-state index in [0.29, 0.717) is 36.3 Å². The lowest BCUT2D eigenvalue weighted by molar-refractivity contribution is 0.0219. The highest BCUT2D eigenvalue weighted by Gasteiger charge is 2.32. The van der Waals surface area contributed by atoms with Crippen molar-refractivity contribution >= 4 is 50.2 Å². The van der Waals surface area contributed by atoms with Gasteiger partial charge in [-0.15, -0.1) is 0 Å². The molecule has 154 valence electrons. The molecule has 1 saturated heterocycles. The van der Waals surface area contributed by atoms with Crippen molar-refractivity contribution in [3.8, 4) is 6.07 Å². The number of rotatable bonds is 1. The van der Waals surface area contributed by atoms with Gasteiger partial charge >= 0.3 is 6.09 Å². The van der Waals surface area contributed by atoms with Gasteiger partial charge in [-0.05, 0) is 49.7 Å². The van der Waals surface area contributed by atoms with E-state index in [9.17, 15) is 14.4 Å². The number of halogens is 3. The molecule has 1 aliphatic rings. The number of nitrogens with zero attached hydrogens (tertiary/aromatic N) is 4. The third kappa shape index (κ3) is 4.26. The molecule has 0 unspecified atom stereocenters. The molecule has 2 heterocycles. The van der Waals surface area contributed by atoms with E-state index in [0.717, 1.165) is 0 Å². The minimum absolute atomic E-state index is 0.126. The van der Waals surface area contributed by atoms with Crippen LogP contribution in [-0.2, 0) is 4.74 Å². The summed E-state index contributed by atoms with van der Waals surface area (Å²) >= 11 is 9.31. The number of anilines is 1. The zero-order chi connectivity index (χ0) is 21.5. The number of piperazine rings is 1. The Morgan fingerprint density at radius 2 is 2.14 bits per heavy atom. The average Bonchev–Trinajstić information content (AvgIpc) is 2.64. The van der Waals surface area contributed by atoms with Crippen LogP contribution in [0.5, 0.6) is 0 Å². The van der Waals surface area contributed by atoms with Gasteiger partial charge < -0.3 is 14.5 Å². The van der Waals surface area contributed by atoms with Crippen LogP contribution in [0.1, 0.15) is 33.3 Å². The lowest BCUT2D eigenvalue weighted by Crippen LogP contribution is -2.54. The van der Waals surface area contributed by atoms with Gasteiger partial charge in [-0.25, -0.2) is 9.18 Å². The number of fused-ring (bicyclic) bond motifs is 1. The predicted molar refractivity (Wildman–Crippen MR) is 114 cm³/mol. The topological polar surface area (TPSA) is 69.5 Å². The predicted octanol–water partition coefficient (Wildman–Crippen LogP) is 5.11. The first kappa shape index (κ1) is 21.6. The molecule has 1 aromatic carbocycles. The number of aromatic nitrogens is 1. The summed E-state index contributed by atoms with van der Waals surface area (Å²) in [6.45, 7) is 8.71. The number of pyridine rings is 1. The summed E-state index contributed by atoms with van der Waals surface area (Å²) in [6.07, 6.45) is 0.996. The highest BCUT2D eigenvalue weighted by atomic mass is 79.9. The SMILES string of the molecule is C[C@H]1CN(C(=O)OC(C)(C)C)CCN1c1c(C#N)cnc2c(F)c(Br)c(Cl)cc12. The molecular weight excluding hydrogens is 463 g/mol. The molecular formula is C20H21BrClFN4O2. The van der Waals surface area contributed by atoms with Crippen molar-refractivity contribution in [2.24, 2.45) is 0 Å². The fourth-order valence-electron chi connectivity index (χ4n) is 3.40. The van der Waals surface area contributed by atoms with Crippen molar-refractivity contribution in [1.29, 1.82) is 5.26 Å². The Bertz CT molecular complexity index is 1020. The van der Waals surface area contributed by atoms with E-state index in [1.165, 1.54) is 6.20 Å². The van der Waals surface area contributed by atoms with Crippen molar-refractivity contribution in [2.75, 3.05) is 24.5 Å². The van der Waals surface area contributed by atoms with E-state index >= 15 is 0 Å². The minimum Gasteiger partial charge on any atom is -0.444 e. The van der Waals surface area contributed by atoms with Gasteiger partial charge in [-0.3, -0.25) is 4.98 Å². The minimum atomic E-state index is -0.575. The van der Waals surface area contributed by atoms with E-state index in [1.54, 1.807) is 11.0 Å². The van der Waals surface area contributed by atoms with Crippen molar-refractivity contribution in [3.63, 3.8) is 0 Å². The van der Waals surface area contributed by atoms with Crippen molar-refractivity contribution < 1.29 is 13.9 Å². The summed E-state index contributed by atoms with van der Waals surface area (Å²) in [5.41, 5.74) is 0.459. The summed E-state index contributed by atoms with van der Waals surface area (Å²) in [5.74, 6) is -0.571. The lowest BCUT2D eigenvalue weighted by atomic mass is 10.0. The summed E-state index contributed by atoms with van der Waals surface area (Å²) in [7, 11) is 0. The standard InChI is InChI=1S/C20H21BrClFN4O2/c1-11-10-26(19(28)29-20(2,3)4)5-6-27(11)18-12(8-24)9-25-17-13(18)7-14(22)15(21)16(17)23/h7,9,11H,5-6,10H2,1-4H3/t11-/m0/s1. The van der Waals surface area contributed by atoms with Crippen LogP contribution in [0.4, 0.5) is 14.9 Å². The molecule has 0 aliphatic carbocycles. The summed E-state index contributed by atoms with van der Waals surface area (Å²) in [6, 6.07) is 3.62. The van der Waals surface area contributed by atoms with Crippen LogP contribution in [0.15, 0.2) is 16.7 Å². The molecule has 6 nitrogen and oxygen atoms in total. The molecule has 1 amide bonds. The first-order valence-electron chi connectivity index (χ1n) is 9.14. The molecule has 1 fully saturated rings. The largest absolute Gasteiger partial charge is 0.444 e. The number of hydrogen-bond acceptors (Lipinski definition) is 5. The maximum absolute atomic E-state index is 14.7. The Balaban J connectivity index is 1.99. The molecule has 3 rings (SSSR count). The monoisotopic (exact) mass is 482 g/mol. The number of carbonyl (C=O) groups is 1. The van der Waals surface area contributed by atoms with E-state index in [1.807, 2.05) is 32.6 Å². The first-order chi connectivity index (χ1) is 13.5. The molecule has 0 spiro atoms. The molecule has 29 heavy (non-hydrogen) atoms. The number of ether oxygens (including phenoxy) is 1. The quantitative estimate of drug-likeness (QED) is 0.527. The van der Waals surface area contributed by atoms with Gasteiger partial charge in [0, 0.05) is 37.3 Å². The molecule has 0 saturated carbocycles. The van der Waals surface area contributed by atoms with Gasteiger partial charge in [-0.2, -0.15) is 5.26 Å². The summed E-state index contributed by atoms with van der Waals surface area (Å²) < 4.78 is 20.3. The van der Waals surface area contributed by atoms with Gasteiger partial charge in [0.15, 0.2) is 5.82 Å². The van der Waals surface area contributed by atoms with E-state index in [-0.39, 0.29) is 27.1 Å². The highest BCUT2D eigenvalue weighted by Crippen LogP contribution is 2.38. The van der Waals surface area contributed by atoms with Crippen LogP contribution < -0.4 is 4.90 Å². The van der Waals surface area contributed by atoms with Crippen LogP contribution >= 0.6 is 27.5 Å². The van der Waals surface area contributed by atoms with Gasteiger partial charge in [0.25, 0.3) is 0 Å². The Morgan fingerprint density at radius 1 is 1.45 bits per heavy atom. The molecule has 0 radical (unpaired) electrons. The van der Waals surface area contributed by atoms with Crippen molar-refractivity contribution in [3.05, 3.63) is 33.1 Å². The summed E-state index contributed by atoms with van der Waals surface area (Å²) in [4.78, 5) is 20.2. The first-order valence-corrected chi connectivity index (χ1v) is 10.3. The molecule has 2 aromatic rings. The fourth-order valence-corrected chi connectivity index (χ4v) is 3.90. The maximum atomic E-state index is 14.7. The number of benzene rings is 1. The number of nitriles is 1. The molecule has 0 N–H and O–H groups in total. The van der Waals surface area contributed by atoms with Crippen LogP contribution in [0, 0.1) is 17.1 Å². The van der Waals surface area contributed by atoms with Crippen molar-refractivity contribution in [2.45, 2.75) is 39.3 Å². The van der Waals surface area contributed by atoms with Crippen LogP contribution in [0.25, 0.3) is 10.9 Å². The average molecular weight is 484 g/mol. The Kier molecular flexibility index (Phi) is 5.93. The molecule has 1 atom stereocenters. The Hall–Kier alpha value is -2.11. The Labute approximate surface area is 182 Å². The fraction of sp³-hybridized carbons (Fsp3) is 0.450. The Morgan fingerprint density at radius 3 is 2.72 bits per heavy atom. The van der Waals surface area contributed by atoms with E-state index < -0.39 is 11.4 Å². The van der Waals surface area contributed by atoms with Gasteiger partial charge in [0.2, 0.25) is 0 Å². The number of hydrogen-bond donors (Lipinski definition) is 0. The van der Waals surface area contributed by atoms with Gasteiger partial charge in [0.1, 0.15) is 17.2 Å². The zero-order valence-electron chi connectivity index (χ0n) is 16.6. The van der Waals surface area contributed by atoms with Gasteiger partial charge in [0.05, 0.1) is 20.7 Å². The second-order valence-corrected chi connectivity index (χ2v) is 9.18. The molecule has 0 bridgehead atoms. The zero-order valence-corrected chi connectivity index (χ0v) is 18.9. The van der Waals surface area contributed by atoms with Gasteiger partial charge in [-0.1, -0.05) is 11.6 Å². The second kappa shape index (κ2) is 7.96. The van der Waals surface area contributed by atoms with E-state index in [4.69, 9.17) is 16.3 Å². The van der Waals surface area contributed by atoms with E-state index in [2.05, 4.69) is 27.0 Å². The smallest absolute Gasteiger partial charge is 0.410 e. The maximum Gasteiger partial charge on any atom is 0.410 e. The van der Waals surface area contributed by atoms with Crippen LogP contribution in [0.2, 0.25) is 5.02 Å². The number of carbonyl (C=O) groups excluding carboxylic acids is 1. The highest BCUT2D eigenvalue weighted by molar-refractivity contribution is 9.10. The lowest BCUT2D eigenvalue weighted by Gasteiger charge is -2.42. The molecule has 1 aromatic heterocycles. The second-order valence-electron chi connectivity index (χ2n) is 7.98. The third-order valence-corrected chi connectivity index (χ3v) is 5.96. The number of amides is 1. The molecule has 1 aliphatic heterocycles. The van der Waals surface area contributed by atoms with Crippen LogP contribution in [0.3, 0.4) is 0 Å². The summed E-state index contributed by atoms with van der Waals surface area (Å²) in [5, 5.41) is 10.3. The van der Waals surface area contributed by atoms with Crippen molar-refractivity contribution in [1.82, 2.24) is 9.88 Å². The normalized spacial score (nSPS) is 17.4.